The van der Waals surface area contributed by atoms with Crippen molar-refractivity contribution in [1.29, 1.82) is 0 Å². The molecule has 0 aromatic heterocycles. The maximum Gasteiger partial charge on any atom is 0.160 e. The van der Waals surface area contributed by atoms with Gasteiger partial charge in [0.2, 0.25) is 0 Å². The standard InChI is InChI=1S/C8H11ClN2O/c1-12-8-6(9)3-2-5(4-10)7(8)11/h2-3H,4,10-11H2,1H3. The second kappa shape index (κ2) is 3.65. The highest BCUT2D eigenvalue weighted by atomic mass is 35.5. The van der Waals surface area contributed by atoms with Crippen LogP contribution in [0.2, 0.25) is 5.02 Å². The predicted molar refractivity (Wildman–Crippen MR) is 50.3 cm³/mol. The molecule has 0 fully saturated rings. The summed E-state index contributed by atoms with van der Waals surface area (Å²) in [4.78, 5) is 0. The van der Waals surface area contributed by atoms with Gasteiger partial charge < -0.3 is 16.2 Å². The van der Waals surface area contributed by atoms with Crippen LogP contribution in [0.15, 0.2) is 12.1 Å². The average molecular weight is 187 g/mol. The molecule has 0 atom stereocenters. The number of anilines is 1. The zero-order valence-corrected chi connectivity index (χ0v) is 7.56. The molecule has 0 saturated heterocycles. The van der Waals surface area contributed by atoms with Crippen LogP contribution in [0.3, 0.4) is 0 Å². The van der Waals surface area contributed by atoms with Crippen LogP contribution in [0.4, 0.5) is 5.69 Å². The first-order valence-electron chi connectivity index (χ1n) is 3.51. The molecule has 12 heavy (non-hydrogen) atoms. The number of methoxy groups -OCH3 is 1. The van der Waals surface area contributed by atoms with Crippen molar-refractivity contribution in [3.8, 4) is 5.75 Å². The van der Waals surface area contributed by atoms with Gasteiger partial charge in [-0.2, -0.15) is 0 Å². The largest absolute Gasteiger partial charge is 0.493 e. The van der Waals surface area contributed by atoms with Gasteiger partial charge in [0.15, 0.2) is 5.75 Å². The van der Waals surface area contributed by atoms with Gasteiger partial charge in [-0.15, -0.1) is 0 Å². The molecule has 0 radical (unpaired) electrons. The lowest BCUT2D eigenvalue weighted by Crippen LogP contribution is -2.03. The zero-order valence-electron chi connectivity index (χ0n) is 6.80. The Kier molecular flexibility index (Phi) is 2.78. The molecule has 0 spiro atoms. The summed E-state index contributed by atoms with van der Waals surface area (Å²) < 4.78 is 5.01. The van der Waals surface area contributed by atoms with Gasteiger partial charge in [0.05, 0.1) is 17.8 Å². The Morgan fingerprint density at radius 3 is 2.67 bits per heavy atom. The van der Waals surface area contributed by atoms with Crippen LogP contribution in [0.1, 0.15) is 5.56 Å². The molecule has 3 nitrogen and oxygen atoms in total. The summed E-state index contributed by atoms with van der Waals surface area (Å²) in [6, 6.07) is 3.51. The first-order chi connectivity index (χ1) is 5.70. The van der Waals surface area contributed by atoms with E-state index in [1.807, 2.05) is 0 Å². The van der Waals surface area contributed by atoms with E-state index >= 15 is 0 Å². The molecular weight excluding hydrogens is 176 g/mol. The molecule has 1 rings (SSSR count). The number of rotatable bonds is 2. The lowest BCUT2D eigenvalue weighted by molar-refractivity contribution is 0.417. The zero-order chi connectivity index (χ0) is 9.14. The lowest BCUT2D eigenvalue weighted by Gasteiger charge is -2.09. The third kappa shape index (κ3) is 1.47. The van der Waals surface area contributed by atoms with Crippen molar-refractivity contribution in [2.24, 2.45) is 5.73 Å². The number of hydrogen-bond acceptors (Lipinski definition) is 3. The Balaban J connectivity index is 3.24. The van der Waals surface area contributed by atoms with Gasteiger partial charge in [-0.3, -0.25) is 0 Å². The SMILES string of the molecule is COc1c(Cl)ccc(CN)c1N. The summed E-state index contributed by atoms with van der Waals surface area (Å²) >= 11 is 5.81. The summed E-state index contributed by atoms with van der Waals surface area (Å²) in [5.41, 5.74) is 12.5. The lowest BCUT2D eigenvalue weighted by atomic mass is 10.1. The fraction of sp³-hybridized carbons (Fsp3) is 0.250. The van der Waals surface area contributed by atoms with Gasteiger partial charge in [-0.1, -0.05) is 17.7 Å². The van der Waals surface area contributed by atoms with E-state index < -0.39 is 0 Å². The van der Waals surface area contributed by atoms with E-state index in [4.69, 9.17) is 27.8 Å². The second-order valence-corrected chi connectivity index (χ2v) is 2.76. The molecule has 0 bridgehead atoms. The van der Waals surface area contributed by atoms with Gasteiger partial charge in [0, 0.05) is 6.54 Å². The number of nitrogen functional groups attached to an aromatic ring is 1. The van der Waals surface area contributed by atoms with Gasteiger partial charge in [0.25, 0.3) is 0 Å². The highest BCUT2D eigenvalue weighted by Crippen LogP contribution is 2.32. The monoisotopic (exact) mass is 186 g/mol. The normalized spacial score (nSPS) is 9.92. The smallest absolute Gasteiger partial charge is 0.160 e. The Labute approximate surface area is 76.3 Å². The third-order valence-corrected chi connectivity index (χ3v) is 1.96. The highest BCUT2D eigenvalue weighted by molar-refractivity contribution is 6.32. The molecule has 4 N–H and O–H groups in total. The predicted octanol–water partition coefficient (Wildman–Crippen LogP) is 1.39. The molecular formula is C8H11ClN2O. The van der Waals surface area contributed by atoms with Gasteiger partial charge >= 0.3 is 0 Å². The van der Waals surface area contributed by atoms with Gasteiger partial charge in [0.1, 0.15) is 0 Å². The van der Waals surface area contributed by atoms with E-state index in [0.29, 0.717) is 23.0 Å². The van der Waals surface area contributed by atoms with E-state index in [9.17, 15) is 0 Å². The average Bonchev–Trinajstić information content (AvgIpc) is 2.06. The molecule has 0 heterocycles. The minimum atomic E-state index is 0.388. The minimum Gasteiger partial charge on any atom is -0.493 e. The highest BCUT2D eigenvalue weighted by Gasteiger charge is 2.07. The van der Waals surface area contributed by atoms with Crippen LogP contribution in [-0.2, 0) is 6.54 Å². The quantitative estimate of drug-likeness (QED) is 0.687. The van der Waals surface area contributed by atoms with E-state index in [1.54, 1.807) is 12.1 Å². The number of hydrogen-bond donors (Lipinski definition) is 2. The molecule has 0 aliphatic carbocycles. The summed E-state index contributed by atoms with van der Waals surface area (Å²) in [6.07, 6.45) is 0. The van der Waals surface area contributed by atoms with Gasteiger partial charge in [-0.25, -0.2) is 0 Å². The van der Waals surface area contributed by atoms with Crippen molar-refractivity contribution in [2.45, 2.75) is 6.54 Å². The fourth-order valence-corrected chi connectivity index (χ4v) is 1.24. The van der Waals surface area contributed by atoms with Crippen molar-refractivity contribution in [3.63, 3.8) is 0 Å². The number of nitrogens with two attached hydrogens (primary N) is 2. The molecule has 66 valence electrons. The molecule has 0 unspecified atom stereocenters. The molecule has 0 aliphatic heterocycles. The van der Waals surface area contributed by atoms with Crippen molar-refractivity contribution in [1.82, 2.24) is 0 Å². The summed E-state index contributed by atoms with van der Waals surface area (Å²) in [5.74, 6) is 0.500. The van der Waals surface area contributed by atoms with Crippen LogP contribution in [-0.4, -0.2) is 7.11 Å². The molecule has 0 amide bonds. The Morgan fingerprint density at radius 1 is 1.50 bits per heavy atom. The second-order valence-electron chi connectivity index (χ2n) is 2.36. The van der Waals surface area contributed by atoms with E-state index in [-0.39, 0.29) is 0 Å². The number of halogens is 1. The minimum absolute atomic E-state index is 0.388. The van der Waals surface area contributed by atoms with Crippen molar-refractivity contribution in [2.75, 3.05) is 12.8 Å². The van der Waals surface area contributed by atoms with E-state index in [2.05, 4.69) is 0 Å². The molecule has 1 aromatic rings. The molecule has 0 saturated carbocycles. The molecule has 4 heteroatoms. The summed E-state index contributed by atoms with van der Waals surface area (Å²) in [7, 11) is 1.53. The Bertz CT molecular complexity index is 289. The van der Waals surface area contributed by atoms with Crippen LogP contribution in [0.5, 0.6) is 5.75 Å². The van der Waals surface area contributed by atoms with Crippen LogP contribution in [0, 0.1) is 0 Å². The van der Waals surface area contributed by atoms with Crippen molar-refractivity contribution < 1.29 is 4.74 Å². The molecule has 0 aliphatic rings. The summed E-state index contributed by atoms with van der Waals surface area (Å²) in [6.45, 7) is 0.388. The maximum atomic E-state index is 5.81. The maximum absolute atomic E-state index is 5.81. The third-order valence-electron chi connectivity index (χ3n) is 1.66. The van der Waals surface area contributed by atoms with Crippen molar-refractivity contribution >= 4 is 17.3 Å². The van der Waals surface area contributed by atoms with Crippen molar-refractivity contribution in [3.05, 3.63) is 22.7 Å². The Morgan fingerprint density at radius 2 is 2.17 bits per heavy atom. The first kappa shape index (κ1) is 9.16. The fourth-order valence-electron chi connectivity index (χ4n) is 0.999. The number of ether oxygens (including phenoxy) is 1. The Hall–Kier alpha value is -0.930. The topological polar surface area (TPSA) is 61.3 Å². The van der Waals surface area contributed by atoms with E-state index in [0.717, 1.165) is 5.56 Å². The van der Waals surface area contributed by atoms with E-state index in [1.165, 1.54) is 7.11 Å². The first-order valence-corrected chi connectivity index (χ1v) is 3.89. The van der Waals surface area contributed by atoms with Crippen LogP contribution >= 0.6 is 11.6 Å². The van der Waals surface area contributed by atoms with Crippen LogP contribution in [0.25, 0.3) is 0 Å². The number of benzene rings is 1. The van der Waals surface area contributed by atoms with Gasteiger partial charge in [-0.05, 0) is 11.6 Å². The molecule has 1 aromatic carbocycles. The van der Waals surface area contributed by atoms with Crippen LogP contribution < -0.4 is 16.2 Å². The summed E-state index contributed by atoms with van der Waals surface area (Å²) in [5, 5.41) is 0.507.